The zero-order valence-corrected chi connectivity index (χ0v) is 22.8. The fourth-order valence-corrected chi connectivity index (χ4v) is 6.20. The summed E-state index contributed by atoms with van der Waals surface area (Å²) in [5.41, 5.74) is 2.62. The molecule has 1 aromatic carbocycles. The highest BCUT2D eigenvalue weighted by Crippen LogP contribution is 2.38. The van der Waals surface area contributed by atoms with Crippen LogP contribution in [-0.4, -0.2) is 38.4 Å². The molecule has 5 rings (SSSR count). The summed E-state index contributed by atoms with van der Waals surface area (Å²) in [7, 11) is 1.90. The van der Waals surface area contributed by atoms with E-state index < -0.39 is 23.9 Å². The number of alkyl halides is 1. The van der Waals surface area contributed by atoms with Crippen LogP contribution in [0.25, 0.3) is 33.4 Å². The van der Waals surface area contributed by atoms with Gasteiger partial charge in [-0.2, -0.15) is 4.39 Å². The summed E-state index contributed by atoms with van der Waals surface area (Å²) in [6.07, 6.45) is 8.08. The van der Waals surface area contributed by atoms with Crippen molar-refractivity contribution in [3.63, 3.8) is 0 Å². The van der Waals surface area contributed by atoms with E-state index in [9.17, 15) is 19.1 Å². The maximum atomic E-state index is 15.3. The number of hydrogen-bond donors (Lipinski definition) is 2. The highest BCUT2D eigenvalue weighted by atomic mass is 32.1. The van der Waals surface area contributed by atoms with Crippen LogP contribution in [0.4, 0.5) is 8.78 Å². The Morgan fingerprint density at radius 3 is 2.77 bits per heavy atom. The van der Waals surface area contributed by atoms with Gasteiger partial charge in [-0.25, -0.2) is 14.4 Å². The number of carboxylic acid groups (broad SMARTS) is 1. The molecule has 1 atom stereocenters. The van der Waals surface area contributed by atoms with Crippen molar-refractivity contribution in [1.29, 1.82) is 0 Å². The second-order valence-electron chi connectivity index (χ2n) is 10.2. The van der Waals surface area contributed by atoms with E-state index in [4.69, 9.17) is 4.74 Å². The van der Waals surface area contributed by atoms with Crippen LogP contribution in [-0.2, 0) is 23.2 Å². The van der Waals surface area contributed by atoms with Crippen molar-refractivity contribution >= 4 is 34.2 Å². The fraction of sp³-hybridized carbons (Fsp3) is 0.379. The molecule has 0 unspecified atom stereocenters. The molecule has 210 valence electrons. The second-order valence-corrected chi connectivity index (χ2v) is 11.2. The standard InChI is InChI=1S/C29H30F2N4O4S/c1-35-9-8-18-11-20(14-32-28(18)35)22-7-6-21(39-16-30)13-23(22)26-27(31)40-24(34-26)15-33-29(38)19(12-25(36)37)10-17-4-2-3-5-17/h6-9,11,13-14,17,19H,2-5,10,12,15-16H2,1H3,(H,33,38)(H,36,37)/t19-/m1/s1. The van der Waals surface area contributed by atoms with Crippen molar-refractivity contribution in [2.24, 2.45) is 18.9 Å². The monoisotopic (exact) mass is 568 g/mol. The average Bonchev–Trinajstić information content (AvgIpc) is 3.67. The van der Waals surface area contributed by atoms with Gasteiger partial charge in [0.25, 0.3) is 0 Å². The van der Waals surface area contributed by atoms with Gasteiger partial charge in [-0.3, -0.25) is 9.59 Å². The first kappa shape index (κ1) is 27.7. The van der Waals surface area contributed by atoms with Crippen molar-refractivity contribution in [2.45, 2.75) is 45.1 Å². The van der Waals surface area contributed by atoms with Crippen molar-refractivity contribution in [3.8, 4) is 28.1 Å². The van der Waals surface area contributed by atoms with Gasteiger partial charge < -0.3 is 19.7 Å². The molecule has 4 aromatic rings. The SMILES string of the molecule is Cn1ccc2cc(-c3ccc(OCF)cc3-c3nc(CNC(=O)[C@@H](CC(=O)O)CC4CCCC4)sc3F)cnc21. The Balaban J connectivity index is 1.40. The lowest BCUT2D eigenvalue weighted by atomic mass is 9.90. The number of ether oxygens (including phenoxy) is 1. The summed E-state index contributed by atoms with van der Waals surface area (Å²) in [4.78, 5) is 33.3. The smallest absolute Gasteiger partial charge is 0.304 e. The van der Waals surface area contributed by atoms with E-state index in [0.29, 0.717) is 28.5 Å². The Hall–Kier alpha value is -3.86. The third kappa shape index (κ3) is 6.14. The topological polar surface area (TPSA) is 106 Å². The molecule has 1 saturated carbocycles. The molecule has 1 aliphatic rings. The van der Waals surface area contributed by atoms with Gasteiger partial charge in [0.2, 0.25) is 17.9 Å². The maximum Gasteiger partial charge on any atom is 0.304 e. The molecule has 0 bridgehead atoms. The summed E-state index contributed by atoms with van der Waals surface area (Å²) in [5, 5.41) is 12.8. The molecule has 2 N–H and O–H groups in total. The van der Waals surface area contributed by atoms with Gasteiger partial charge >= 0.3 is 5.97 Å². The van der Waals surface area contributed by atoms with Gasteiger partial charge in [0.15, 0.2) is 0 Å². The molecular formula is C29H30F2N4O4S. The van der Waals surface area contributed by atoms with Crippen LogP contribution in [0.1, 0.15) is 43.5 Å². The van der Waals surface area contributed by atoms with Crippen LogP contribution in [0, 0.1) is 17.0 Å². The third-order valence-electron chi connectivity index (χ3n) is 7.41. The molecule has 0 aliphatic heterocycles. The molecule has 0 saturated heterocycles. The number of thiazole rings is 1. The van der Waals surface area contributed by atoms with E-state index in [-0.39, 0.29) is 30.3 Å². The van der Waals surface area contributed by atoms with Crippen LogP contribution in [0.3, 0.4) is 0 Å². The average molecular weight is 569 g/mol. The molecule has 0 radical (unpaired) electrons. The number of hydrogen-bond acceptors (Lipinski definition) is 6. The van der Waals surface area contributed by atoms with Crippen molar-refractivity contribution in [3.05, 3.63) is 52.9 Å². The number of rotatable bonds is 11. The molecule has 1 amide bonds. The number of benzene rings is 1. The van der Waals surface area contributed by atoms with E-state index in [1.807, 2.05) is 29.9 Å². The molecule has 3 heterocycles. The van der Waals surface area contributed by atoms with E-state index in [1.54, 1.807) is 18.3 Å². The number of nitrogens with one attached hydrogen (secondary N) is 1. The number of amides is 1. The Morgan fingerprint density at radius 1 is 1.23 bits per heavy atom. The predicted octanol–water partition coefficient (Wildman–Crippen LogP) is 6.10. The Labute approximate surface area is 234 Å². The quantitative estimate of drug-likeness (QED) is 0.227. The zero-order chi connectivity index (χ0) is 28.2. The van der Waals surface area contributed by atoms with E-state index in [2.05, 4.69) is 15.3 Å². The highest BCUT2D eigenvalue weighted by Gasteiger charge is 2.27. The van der Waals surface area contributed by atoms with E-state index >= 15 is 4.39 Å². The summed E-state index contributed by atoms with van der Waals surface area (Å²) >= 11 is 0.796. The van der Waals surface area contributed by atoms with Crippen LogP contribution in [0.2, 0.25) is 0 Å². The summed E-state index contributed by atoms with van der Waals surface area (Å²) in [6, 6.07) is 8.72. The van der Waals surface area contributed by atoms with Crippen LogP contribution in [0.5, 0.6) is 5.75 Å². The normalized spacial score (nSPS) is 14.5. The van der Waals surface area contributed by atoms with Crippen LogP contribution >= 0.6 is 11.3 Å². The number of nitrogens with zero attached hydrogens (tertiary/aromatic N) is 3. The summed E-state index contributed by atoms with van der Waals surface area (Å²) < 4.78 is 35.2. The number of fused-ring (bicyclic) bond motifs is 1. The highest BCUT2D eigenvalue weighted by molar-refractivity contribution is 7.10. The number of carboxylic acids is 1. The second kappa shape index (κ2) is 12.1. The zero-order valence-electron chi connectivity index (χ0n) is 22.0. The van der Waals surface area contributed by atoms with Gasteiger partial charge in [0.05, 0.1) is 13.0 Å². The molecule has 1 aliphatic carbocycles. The minimum Gasteiger partial charge on any atom is -0.481 e. The number of aromatic nitrogens is 3. The molecule has 0 spiro atoms. The largest absolute Gasteiger partial charge is 0.481 e. The third-order valence-corrected chi connectivity index (χ3v) is 8.26. The van der Waals surface area contributed by atoms with Gasteiger partial charge in [-0.05, 0) is 48.2 Å². The summed E-state index contributed by atoms with van der Waals surface area (Å²) in [6.45, 7) is -1.07. The first-order chi connectivity index (χ1) is 19.3. The van der Waals surface area contributed by atoms with E-state index in [0.717, 1.165) is 53.6 Å². The fourth-order valence-electron chi connectivity index (χ4n) is 5.46. The number of carbonyl (C=O) groups is 2. The van der Waals surface area contributed by atoms with Gasteiger partial charge in [0, 0.05) is 41.9 Å². The first-order valence-electron chi connectivity index (χ1n) is 13.2. The molecule has 3 aromatic heterocycles. The number of carbonyl (C=O) groups excluding carboxylic acids is 1. The first-order valence-corrected chi connectivity index (χ1v) is 14.0. The Morgan fingerprint density at radius 2 is 2.02 bits per heavy atom. The molecular weight excluding hydrogens is 538 g/mol. The lowest BCUT2D eigenvalue weighted by Crippen LogP contribution is -2.32. The lowest BCUT2D eigenvalue weighted by Gasteiger charge is -2.18. The predicted molar refractivity (Wildman–Crippen MR) is 148 cm³/mol. The number of halogens is 2. The van der Waals surface area contributed by atoms with Crippen molar-refractivity contribution < 1.29 is 28.2 Å². The van der Waals surface area contributed by atoms with Crippen molar-refractivity contribution in [2.75, 3.05) is 6.86 Å². The maximum absolute atomic E-state index is 15.3. The number of pyridine rings is 1. The number of aryl methyl sites for hydroxylation is 1. The minimum atomic E-state index is -1.04. The molecule has 8 nitrogen and oxygen atoms in total. The van der Waals surface area contributed by atoms with Crippen LogP contribution < -0.4 is 10.1 Å². The Bertz CT molecular complexity index is 1530. The van der Waals surface area contributed by atoms with Gasteiger partial charge in [0.1, 0.15) is 22.1 Å². The summed E-state index contributed by atoms with van der Waals surface area (Å²) in [5.74, 6) is -1.47. The minimum absolute atomic E-state index is 0.0330. The molecule has 1 fully saturated rings. The molecule has 11 heteroatoms. The molecule has 40 heavy (non-hydrogen) atoms. The van der Waals surface area contributed by atoms with Crippen molar-refractivity contribution in [1.82, 2.24) is 19.9 Å². The Kier molecular flexibility index (Phi) is 8.39. The lowest BCUT2D eigenvalue weighted by molar-refractivity contribution is -0.141. The van der Waals surface area contributed by atoms with E-state index in [1.165, 1.54) is 6.07 Å². The van der Waals surface area contributed by atoms with Gasteiger partial charge in [-0.1, -0.05) is 37.0 Å². The van der Waals surface area contributed by atoms with Gasteiger partial charge in [-0.15, -0.1) is 0 Å². The number of aliphatic carboxylic acids is 1. The van der Waals surface area contributed by atoms with Crippen LogP contribution in [0.15, 0.2) is 42.7 Å².